The third kappa shape index (κ3) is 3.06. The van der Waals surface area contributed by atoms with Gasteiger partial charge in [0.2, 0.25) is 5.91 Å². The molecule has 0 saturated carbocycles. The molecule has 0 saturated heterocycles. The molecule has 1 heterocycles. The zero-order valence-corrected chi connectivity index (χ0v) is 9.88. The topological polar surface area (TPSA) is 20.3 Å². The van der Waals surface area contributed by atoms with Crippen molar-refractivity contribution in [1.29, 1.82) is 0 Å². The number of carbonyl (C=O) groups is 1. The highest BCUT2D eigenvalue weighted by Crippen LogP contribution is 2.16. The SMILES string of the molecule is C=CCC1C=CC(=O)N(Cc2ccccc2)C1. The summed E-state index contributed by atoms with van der Waals surface area (Å²) in [5, 5.41) is 0. The molecule has 0 spiro atoms. The number of amides is 1. The summed E-state index contributed by atoms with van der Waals surface area (Å²) in [6, 6.07) is 10.1. The molecule has 2 heteroatoms. The van der Waals surface area contributed by atoms with E-state index in [-0.39, 0.29) is 5.91 Å². The predicted molar refractivity (Wildman–Crippen MR) is 69.3 cm³/mol. The Morgan fingerprint density at radius 3 is 2.82 bits per heavy atom. The Morgan fingerprint density at radius 2 is 2.12 bits per heavy atom. The van der Waals surface area contributed by atoms with Gasteiger partial charge in [-0.1, -0.05) is 42.5 Å². The van der Waals surface area contributed by atoms with Crippen molar-refractivity contribution in [2.24, 2.45) is 5.92 Å². The van der Waals surface area contributed by atoms with Crippen molar-refractivity contribution in [3.05, 3.63) is 60.7 Å². The van der Waals surface area contributed by atoms with Gasteiger partial charge in [-0.25, -0.2) is 0 Å². The van der Waals surface area contributed by atoms with Crippen LogP contribution in [0.2, 0.25) is 0 Å². The van der Waals surface area contributed by atoms with E-state index in [9.17, 15) is 4.79 Å². The van der Waals surface area contributed by atoms with E-state index >= 15 is 0 Å². The molecule has 88 valence electrons. The molecule has 0 N–H and O–H groups in total. The largest absolute Gasteiger partial charge is 0.334 e. The number of allylic oxidation sites excluding steroid dienone is 1. The second kappa shape index (κ2) is 5.48. The van der Waals surface area contributed by atoms with Gasteiger partial charge in [-0.15, -0.1) is 6.58 Å². The van der Waals surface area contributed by atoms with Gasteiger partial charge in [-0.2, -0.15) is 0 Å². The van der Waals surface area contributed by atoms with E-state index in [0.717, 1.165) is 13.0 Å². The summed E-state index contributed by atoms with van der Waals surface area (Å²) >= 11 is 0. The summed E-state index contributed by atoms with van der Waals surface area (Å²) in [6.07, 6.45) is 6.51. The zero-order valence-electron chi connectivity index (χ0n) is 9.88. The van der Waals surface area contributed by atoms with Crippen LogP contribution in [-0.4, -0.2) is 17.4 Å². The van der Waals surface area contributed by atoms with Crippen molar-refractivity contribution in [2.45, 2.75) is 13.0 Å². The van der Waals surface area contributed by atoms with Crippen LogP contribution in [0.5, 0.6) is 0 Å². The van der Waals surface area contributed by atoms with E-state index in [4.69, 9.17) is 0 Å². The van der Waals surface area contributed by atoms with Crippen LogP contribution in [0.4, 0.5) is 0 Å². The first-order valence-corrected chi connectivity index (χ1v) is 5.91. The number of rotatable bonds is 4. The quantitative estimate of drug-likeness (QED) is 0.724. The van der Waals surface area contributed by atoms with Crippen LogP contribution >= 0.6 is 0 Å². The van der Waals surface area contributed by atoms with Crippen molar-refractivity contribution in [3.63, 3.8) is 0 Å². The van der Waals surface area contributed by atoms with Crippen LogP contribution in [0.1, 0.15) is 12.0 Å². The van der Waals surface area contributed by atoms with Gasteiger partial charge in [0.05, 0.1) is 0 Å². The minimum absolute atomic E-state index is 0.106. The Morgan fingerprint density at radius 1 is 1.35 bits per heavy atom. The molecule has 0 fully saturated rings. The lowest BCUT2D eigenvalue weighted by atomic mass is 10.0. The van der Waals surface area contributed by atoms with Crippen molar-refractivity contribution in [3.8, 4) is 0 Å². The van der Waals surface area contributed by atoms with Gasteiger partial charge < -0.3 is 4.90 Å². The summed E-state index contributed by atoms with van der Waals surface area (Å²) < 4.78 is 0. The smallest absolute Gasteiger partial charge is 0.246 e. The van der Waals surface area contributed by atoms with Crippen molar-refractivity contribution < 1.29 is 4.79 Å². The fourth-order valence-electron chi connectivity index (χ4n) is 2.07. The lowest BCUT2D eigenvalue weighted by molar-refractivity contribution is -0.127. The standard InChI is InChI=1S/C15H17NO/c1-2-6-13-9-10-15(17)16(11-13)12-14-7-4-3-5-8-14/h2-5,7-10,13H,1,6,11-12H2. The summed E-state index contributed by atoms with van der Waals surface area (Å²) in [5.74, 6) is 0.517. The molecular formula is C15H17NO. The van der Waals surface area contributed by atoms with Crippen LogP contribution < -0.4 is 0 Å². The molecule has 17 heavy (non-hydrogen) atoms. The van der Waals surface area contributed by atoms with Crippen molar-refractivity contribution in [1.82, 2.24) is 4.90 Å². The van der Waals surface area contributed by atoms with Gasteiger partial charge in [-0.3, -0.25) is 4.79 Å². The lowest BCUT2D eigenvalue weighted by Crippen LogP contribution is -2.36. The number of nitrogens with zero attached hydrogens (tertiary/aromatic N) is 1. The van der Waals surface area contributed by atoms with Gasteiger partial charge in [0.15, 0.2) is 0 Å². The Labute approximate surface area is 102 Å². The van der Waals surface area contributed by atoms with Crippen LogP contribution in [0.15, 0.2) is 55.1 Å². The Hall–Kier alpha value is -1.83. The number of benzene rings is 1. The van der Waals surface area contributed by atoms with Gasteiger partial charge in [0, 0.05) is 13.1 Å². The molecule has 1 aliphatic rings. The molecule has 0 bridgehead atoms. The highest BCUT2D eigenvalue weighted by Gasteiger charge is 2.19. The third-order valence-electron chi connectivity index (χ3n) is 2.96. The maximum absolute atomic E-state index is 11.8. The highest BCUT2D eigenvalue weighted by atomic mass is 16.2. The Bertz CT molecular complexity index is 422. The molecule has 2 nitrogen and oxygen atoms in total. The molecule has 0 radical (unpaired) electrons. The van der Waals surface area contributed by atoms with Crippen LogP contribution in [0, 0.1) is 5.92 Å². The van der Waals surface area contributed by atoms with E-state index in [1.165, 1.54) is 5.56 Å². The second-order valence-corrected chi connectivity index (χ2v) is 4.35. The summed E-state index contributed by atoms with van der Waals surface area (Å²) in [4.78, 5) is 13.7. The van der Waals surface area contributed by atoms with E-state index in [2.05, 4.69) is 6.58 Å². The summed E-state index contributed by atoms with van der Waals surface area (Å²) in [5.41, 5.74) is 1.17. The summed E-state index contributed by atoms with van der Waals surface area (Å²) in [7, 11) is 0. The molecule has 1 atom stereocenters. The maximum Gasteiger partial charge on any atom is 0.246 e. The fourth-order valence-corrected chi connectivity index (χ4v) is 2.07. The minimum Gasteiger partial charge on any atom is -0.334 e. The van der Waals surface area contributed by atoms with Gasteiger partial charge >= 0.3 is 0 Å². The Kier molecular flexibility index (Phi) is 3.76. The van der Waals surface area contributed by atoms with Gasteiger partial charge in [0.1, 0.15) is 0 Å². The lowest BCUT2D eigenvalue weighted by Gasteiger charge is -2.28. The first-order valence-electron chi connectivity index (χ1n) is 5.91. The molecule has 1 aromatic carbocycles. The monoisotopic (exact) mass is 227 g/mol. The number of hydrogen-bond acceptors (Lipinski definition) is 1. The van der Waals surface area contributed by atoms with E-state index in [1.54, 1.807) is 6.08 Å². The Balaban J connectivity index is 2.03. The first-order chi connectivity index (χ1) is 8.29. The second-order valence-electron chi connectivity index (χ2n) is 4.35. The molecule has 0 aliphatic carbocycles. The van der Waals surface area contributed by atoms with E-state index in [1.807, 2.05) is 47.4 Å². The molecule has 0 aromatic heterocycles. The fraction of sp³-hybridized carbons (Fsp3) is 0.267. The number of carbonyl (C=O) groups excluding carboxylic acids is 1. The maximum atomic E-state index is 11.8. The van der Waals surface area contributed by atoms with Crippen LogP contribution in [-0.2, 0) is 11.3 Å². The molecule has 1 aliphatic heterocycles. The normalized spacial score (nSPS) is 19.4. The van der Waals surface area contributed by atoms with E-state index in [0.29, 0.717) is 12.5 Å². The highest BCUT2D eigenvalue weighted by molar-refractivity contribution is 5.88. The van der Waals surface area contributed by atoms with Crippen molar-refractivity contribution in [2.75, 3.05) is 6.54 Å². The summed E-state index contributed by atoms with van der Waals surface area (Å²) in [6.45, 7) is 5.23. The predicted octanol–water partition coefficient (Wildman–Crippen LogP) is 2.78. The third-order valence-corrected chi connectivity index (χ3v) is 2.96. The average Bonchev–Trinajstić information content (AvgIpc) is 2.35. The van der Waals surface area contributed by atoms with E-state index < -0.39 is 0 Å². The number of hydrogen-bond donors (Lipinski definition) is 0. The molecular weight excluding hydrogens is 210 g/mol. The molecule has 1 aromatic rings. The molecule has 1 amide bonds. The van der Waals surface area contributed by atoms with Crippen LogP contribution in [0.3, 0.4) is 0 Å². The first kappa shape index (κ1) is 11.6. The minimum atomic E-state index is 0.106. The zero-order chi connectivity index (χ0) is 12.1. The van der Waals surface area contributed by atoms with Crippen LogP contribution in [0.25, 0.3) is 0 Å². The van der Waals surface area contributed by atoms with Crippen molar-refractivity contribution >= 4 is 5.91 Å². The van der Waals surface area contributed by atoms with Gasteiger partial charge in [0.25, 0.3) is 0 Å². The average molecular weight is 227 g/mol. The van der Waals surface area contributed by atoms with Gasteiger partial charge in [-0.05, 0) is 24.0 Å². The molecule has 2 rings (SSSR count). The molecule has 1 unspecified atom stereocenters.